The van der Waals surface area contributed by atoms with Crippen molar-refractivity contribution < 1.29 is 14.7 Å². The van der Waals surface area contributed by atoms with Crippen LogP contribution in [-0.4, -0.2) is 41.0 Å². The van der Waals surface area contributed by atoms with E-state index in [0.29, 0.717) is 18.5 Å². The normalized spacial score (nSPS) is 25.8. The minimum Gasteiger partial charge on any atom is -0.508 e. The lowest BCUT2D eigenvalue weighted by atomic mass is 9.75. The molecule has 0 aromatic heterocycles. The Morgan fingerprint density at radius 3 is 2.87 bits per heavy atom. The summed E-state index contributed by atoms with van der Waals surface area (Å²) in [6.45, 7) is 3.53. The number of hydrogen-bond donors (Lipinski definition) is 3. The predicted octanol–water partition coefficient (Wildman–Crippen LogP) is 3.08. The molecule has 31 heavy (non-hydrogen) atoms. The number of benzene rings is 2. The van der Waals surface area contributed by atoms with E-state index in [1.807, 2.05) is 42.2 Å². The molecular weight excluding hydrogens is 390 g/mol. The van der Waals surface area contributed by atoms with Gasteiger partial charge in [-0.2, -0.15) is 0 Å². The maximum atomic E-state index is 13.4. The lowest BCUT2D eigenvalue weighted by Gasteiger charge is -2.48. The lowest BCUT2D eigenvalue weighted by molar-refractivity contribution is -0.145. The fourth-order valence-electron chi connectivity index (χ4n) is 5.60. The topological polar surface area (TPSA) is 81.7 Å². The smallest absolute Gasteiger partial charge is 0.252 e. The van der Waals surface area contributed by atoms with E-state index < -0.39 is 0 Å². The summed E-state index contributed by atoms with van der Waals surface area (Å²) in [5.74, 6) is 0.132. The maximum Gasteiger partial charge on any atom is 0.252 e. The third kappa shape index (κ3) is 3.59. The zero-order valence-corrected chi connectivity index (χ0v) is 17.8. The highest BCUT2D eigenvalue weighted by Gasteiger charge is 2.46. The van der Waals surface area contributed by atoms with Crippen molar-refractivity contribution in [3.05, 3.63) is 64.7 Å². The van der Waals surface area contributed by atoms with Gasteiger partial charge in [0.05, 0.1) is 18.0 Å². The Balaban J connectivity index is 1.49. The van der Waals surface area contributed by atoms with E-state index in [-0.39, 0.29) is 41.6 Å². The van der Waals surface area contributed by atoms with Crippen LogP contribution >= 0.6 is 0 Å². The number of rotatable bonds is 3. The number of nitrogens with one attached hydrogen (secondary N) is 2. The minimum atomic E-state index is -0.212. The van der Waals surface area contributed by atoms with Crippen molar-refractivity contribution >= 4 is 11.8 Å². The fourth-order valence-corrected chi connectivity index (χ4v) is 5.60. The molecule has 0 bridgehead atoms. The molecule has 2 amide bonds. The SMILES string of the molecule is CC(NC(=O)c1cc(O)cc2c1[C@@H]1C[C@@H]3NCCC[C@@H]3C(=O)N1CC2)c1ccccc1. The standard InChI is InChI=1S/C25H29N3O3/c1-15(16-6-3-2-4-7-16)27-24(30)20-13-18(29)12-17-9-11-28-22(23(17)20)14-21-19(25(28)31)8-5-10-26-21/h2-4,6-7,12-13,15,19,21-22,26,29H,5,8-11,14H2,1H3,(H,27,30)/t15?,19-,21-,22-/m0/s1. The summed E-state index contributed by atoms with van der Waals surface area (Å²) in [6.07, 6.45) is 3.43. The van der Waals surface area contributed by atoms with Crippen LogP contribution in [0.4, 0.5) is 0 Å². The van der Waals surface area contributed by atoms with Gasteiger partial charge in [-0.1, -0.05) is 30.3 Å². The average molecular weight is 420 g/mol. The van der Waals surface area contributed by atoms with E-state index in [4.69, 9.17) is 0 Å². The van der Waals surface area contributed by atoms with Gasteiger partial charge in [0.15, 0.2) is 0 Å². The van der Waals surface area contributed by atoms with Gasteiger partial charge in [-0.25, -0.2) is 0 Å². The summed E-state index contributed by atoms with van der Waals surface area (Å²) in [5, 5.41) is 16.9. The van der Waals surface area contributed by atoms with Gasteiger partial charge in [0.2, 0.25) is 5.91 Å². The summed E-state index contributed by atoms with van der Waals surface area (Å²) in [5.41, 5.74) is 3.38. The first-order chi connectivity index (χ1) is 15.0. The molecule has 3 N–H and O–H groups in total. The number of phenolic OH excluding ortho intramolecular Hbond substituents is 1. The van der Waals surface area contributed by atoms with Crippen LogP contribution in [0.15, 0.2) is 42.5 Å². The van der Waals surface area contributed by atoms with Crippen molar-refractivity contribution in [3.8, 4) is 5.75 Å². The summed E-state index contributed by atoms with van der Waals surface area (Å²) in [4.78, 5) is 28.6. The minimum absolute atomic E-state index is 0.0408. The first kappa shape index (κ1) is 20.1. The van der Waals surface area contributed by atoms with Crippen molar-refractivity contribution in [1.82, 2.24) is 15.5 Å². The number of amides is 2. The second kappa shape index (κ2) is 8.00. The van der Waals surface area contributed by atoms with Gasteiger partial charge in [-0.05, 0) is 68.0 Å². The van der Waals surface area contributed by atoms with Crippen molar-refractivity contribution in [3.63, 3.8) is 0 Å². The first-order valence-electron chi connectivity index (χ1n) is 11.3. The fraction of sp³-hybridized carbons (Fsp3) is 0.440. The Morgan fingerprint density at radius 2 is 2.06 bits per heavy atom. The summed E-state index contributed by atoms with van der Waals surface area (Å²) >= 11 is 0. The second-order valence-electron chi connectivity index (χ2n) is 9.01. The molecule has 3 aliphatic heterocycles. The molecule has 2 aromatic carbocycles. The summed E-state index contributed by atoms with van der Waals surface area (Å²) in [7, 11) is 0. The molecule has 1 unspecified atom stereocenters. The number of aromatic hydroxyl groups is 1. The van der Waals surface area contributed by atoms with Crippen LogP contribution in [-0.2, 0) is 11.2 Å². The molecule has 0 radical (unpaired) electrons. The number of carbonyl (C=O) groups is 2. The van der Waals surface area contributed by atoms with Crippen LogP contribution < -0.4 is 10.6 Å². The predicted molar refractivity (Wildman–Crippen MR) is 118 cm³/mol. The van der Waals surface area contributed by atoms with E-state index in [9.17, 15) is 14.7 Å². The molecule has 2 saturated heterocycles. The van der Waals surface area contributed by atoms with Crippen LogP contribution in [0.1, 0.15) is 65.3 Å². The quantitative estimate of drug-likeness (QED) is 0.714. The molecule has 3 heterocycles. The Kier molecular flexibility index (Phi) is 5.18. The number of carbonyl (C=O) groups excluding carboxylic acids is 2. The van der Waals surface area contributed by atoms with E-state index in [1.54, 1.807) is 12.1 Å². The molecule has 0 saturated carbocycles. The molecule has 6 nitrogen and oxygen atoms in total. The van der Waals surface area contributed by atoms with Gasteiger partial charge in [0.25, 0.3) is 5.91 Å². The first-order valence-corrected chi connectivity index (χ1v) is 11.3. The van der Waals surface area contributed by atoms with E-state index in [2.05, 4.69) is 10.6 Å². The van der Waals surface area contributed by atoms with Crippen molar-refractivity contribution in [1.29, 1.82) is 0 Å². The van der Waals surface area contributed by atoms with Gasteiger partial charge in [-0.15, -0.1) is 0 Å². The van der Waals surface area contributed by atoms with Crippen LogP contribution in [0.5, 0.6) is 5.75 Å². The van der Waals surface area contributed by atoms with Crippen molar-refractivity contribution in [2.45, 2.75) is 50.7 Å². The number of hydrogen-bond acceptors (Lipinski definition) is 4. The zero-order valence-electron chi connectivity index (χ0n) is 17.8. The third-order valence-electron chi connectivity index (χ3n) is 7.14. The lowest BCUT2D eigenvalue weighted by Crippen LogP contribution is -2.58. The van der Waals surface area contributed by atoms with Crippen LogP contribution in [0.2, 0.25) is 0 Å². The highest BCUT2D eigenvalue weighted by atomic mass is 16.3. The van der Waals surface area contributed by atoms with Crippen LogP contribution in [0.25, 0.3) is 0 Å². The molecule has 3 aliphatic rings. The van der Waals surface area contributed by atoms with Crippen molar-refractivity contribution in [2.24, 2.45) is 5.92 Å². The highest BCUT2D eigenvalue weighted by Crippen LogP contribution is 2.43. The molecule has 2 fully saturated rings. The molecule has 6 heteroatoms. The second-order valence-corrected chi connectivity index (χ2v) is 9.01. The monoisotopic (exact) mass is 419 g/mol. The number of fused-ring (bicyclic) bond motifs is 4. The summed E-state index contributed by atoms with van der Waals surface area (Å²) < 4.78 is 0. The van der Waals surface area contributed by atoms with Crippen LogP contribution in [0, 0.1) is 5.92 Å². The Bertz CT molecular complexity index is 1010. The molecule has 0 spiro atoms. The zero-order chi connectivity index (χ0) is 21.5. The number of nitrogens with zero attached hydrogens (tertiary/aromatic N) is 1. The third-order valence-corrected chi connectivity index (χ3v) is 7.14. The largest absolute Gasteiger partial charge is 0.508 e. The van der Waals surface area contributed by atoms with Gasteiger partial charge in [-0.3, -0.25) is 9.59 Å². The van der Waals surface area contributed by atoms with Gasteiger partial charge >= 0.3 is 0 Å². The number of phenols is 1. The molecule has 0 aliphatic carbocycles. The molecule has 162 valence electrons. The highest BCUT2D eigenvalue weighted by molar-refractivity contribution is 5.97. The molecular formula is C25H29N3O3. The molecule has 5 rings (SSSR count). The summed E-state index contributed by atoms with van der Waals surface area (Å²) in [6, 6.07) is 13.0. The average Bonchev–Trinajstić information content (AvgIpc) is 2.79. The van der Waals surface area contributed by atoms with Gasteiger partial charge in [0, 0.05) is 18.2 Å². The van der Waals surface area contributed by atoms with Crippen molar-refractivity contribution in [2.75, 3.05) is 13.1 Å². The Labute approximate surface area is 182 Å². The van der Waals surface area contributed by atoms with Gasteiger partial charge in [0.1, 0.15) is 5.75 Å². The van der Waals surface area contributed by atoms with Crippen LogP contribution in [0.3, 0.4) is 0 Å². The molecule has 4 atom stereocenters. The Hall–Kier alpha value is -2.86. The Morgan fingerprint density at radius 1 is 1.26 bits per heavy atom. The maximum absolute atomic E-state index is 13.4. The number of piperidine rings is 2. The van der Waals surface area contributed by atoms with E-state index in [1.165, 1.54) is 0 Å². The van der Waals surface area contributed by atoms with E-state index >= 15 is 0 Å². The van der Waals surface area contributed by atoms with Gasteiger partial charge < -0.3 is 20.6 Å². The molecule has 2 aromatic rings. The van der Waals surface area contributed by atoms with E-state index in [0.717, 1.165) is 42.5 Å².